The van der Waals surface area contributed by atoms with Crippen LogP contribution in [0.2, 0.25) is 0 Å². The zero-order chi connectivity index (χ0) is 15.1. The number of hydrogen-bond donors (Lipinski definition) is 2. The van der Waals surface area contributed by atoms with Crippen LogP contribution >= 0.6 is 0 Å². The molecule has 1 aromatic carbocycles. The first-order valence-corrected chi connectivity index (χ1v) is 7.27. The van der Waals surface area contributed by atoms with Crippen LogP contribution in [0, 0.1) is 6.92 Å². The molecular formula is C17H21N3O. The predicted molar refractivity (Wildman–Crippen MR) is 86.9 cm³/mol. The Kier molecular flexibility index (Phi) is 5.32. The highest BCUT2D eigenvalue weighted by Crippen LogP contribution is 2.17. The third kappa shape index (κ3) is 4.91. The summed E-state index contributed by atoms with van der Waals surface area (Å²) < 4.78 is 0. The fraction of sp³-hybridized carbons (Fsp3) is 0.294. The third-order valence-corrected chi connectivity index (χ3v) is 3.10. The van der Waals surface area contributed by atoms with Crippen molar-refractivity contribution in [3.63, 3.8) is 0 Å². The Labute approximate surface area is 125 Å². The molecule has 2 N–H and O–H groups in total. The van der Waals surface area contributed by atoms with Crippen molar-refractivity contribution in [3.05, 3.63) is 48.2 Å². The summed E-state index contributed by atoms with van der Waals surface area (Å²) in [6.07, 6.45) is 4.15. The van der Waals surface area contributed by atoms with Gasteiger partial charge < -0.3 is 10.6 Å². The Hall–Kier alpha value is -2.36. The highest BCUT2D eigenvalue weighted by molar-refractivity contribution is 5.90. The Bertz CT molecular complexity index is 593. The Morgan fingerprint density at radius 2 is 2.05 bits per heavy atom. The quantitative estimate of drug-likeness (QED) is 0.832. The number of amides is 1. The van der Waals surface area contributed by atoms with E-state index in [1.807, 2.05) is 37.3 Å². The van der Waals surface area contributed by atoms with E-state index in [1.54, 1.807) is 6.20 Å². The Morgan fingerprint density at radius 3 is 2.71 bits per heavy atom. The molecule has 1 amide bonds. The summed E-state index contributed by atoms with van der Waals surface area (Å²) in [6, 6.07) is 11.8. The average Bonchev–Trinajstić information content (AvgIpc) is 2.47. The fourth-order valence-electron chi connectivity index (χ4n) is 1.97. The lowest BCUT2D eigenvalue weighted by Crippen LogP contribution is -2.11. The van der Waals surface area contributed by atoms with Crippen molar-refractivity contribution >= 4 is 23.1 Å². The number of rotatable bonds is 6. The molecule has 4 heteroatoms. The number of pyridine rings is 1. The number of unbranched alkanes of at least 4 members (excludes halogenated alkanes) is 1. The topological polar surface area (TPSA) is 54.0 Å². The van der Waals surface area contributed by atoms with Crippen molar-refractivity contribution in [2.45, 2.75) is 33.1 Å². The molecule has 110 valence electrons. The van der Waals surface area contributed by atoms with Gasteiger partial charge in [-0.1, -0.05) is 25.5 Å². The number of carbonyl (C=O) groups excluding carboxylic acids is 1. The summed E-state index contributed by atoms with van der Waals surface area (Å²) in [6.45, 7) is 4.12. The number of carbonyl (C=O) groups is 1. The highest BCUT2D eigenvalue weighted by atomic mass is 16.1. The van der Waals surface area contributed by atoms with Crippen LogP contribution < -0.4 is 10.6 Å². The Balaban J connectivity index is 1.94. The SMILES string of the molecule is CCCCC(=O)Nc1ccc(Nc2cccc(C)c2)nc1. The van der Waals surface area contributed by atoms with Crippen LogP contribution in [0.3, 0.4) is 0 Å². The average molecular weight is 283 g/mol. The normalized spacial score (nSPS) is 10.2. The summed E-state index contributed by atoms with van der Waals surface area (Å²) >= 11 is 0. The predicted octanol–water partition coefficient (Wildman–Crippen LogP) is 4.26. The van der Waals surface area contributed by atoms with E-state index in [-0.39, 0.29) is 5.91 Å². The minimum Gasteiger partial charge on any atom is -0.340 e. The van der Waals surface area contributed by atoms with E-state index >= 15 is 0 Å². The van der Waals surface area contributed by atoms with Crippen LogP contribution in [0.1, 0.15) is 31.7 Å². The number of benzene rings is 1. The molecule has 2 aromatic rings. The second kappa shape index (κ2) is 7.43. The molecule has 0 unspecified atom stereocenters. The van der Waals surface area contributed by atoms with Crippen LogP contribution in [0.25, 0.3) is 0 Å². The Morgan fingerprint density at radius 1 is 1.19 bits per heavy atom. The number of hydrogen-bond acceptors (Lipinski definition) is 3. The second-order valence-electron chi connectivity index (χ2n) is 5.08. The fourth-order valence-corrected chi connectivity index (χ4v) is 1.97. The van der Waals surface area contributed by atoms with Gasteiger partial charge >= 0.3 is 0 Å². The first-order valence-electron chi connectivity index (χ1n) is 7.27. The smallest absolute Gasteiger partial charge is 0.224 e. The number of aromatic nitrogens is 1. The monoisotopic (exact) mass is 283 g/mol. The first kappa shape index (κ1) is 15.0. The lowest BCUT2D eigenvalue weighted by atomic mass is 10.2. The van der Waals surface area contributed by atoms with Gasteiger partial charge in [0.25, 0.3) is 0 Å². The van der Waals surface area contributed by atoms with Crippen LogP contribution in [0.5, 0.6) is 0 Å². The maximum Gasteiger partial charge on any atom is 0.224 e. The molecule has 4 nitrogen and oxygen atoms in total. The lowest BCUT2D eigenvalue weighted by Gasteiger charge is -2.08. The summed E-state index contributed by atoms with van der Waals surface area (Å²) in [7, 11) is 0. The molecule has 0 aliphatic rings. The number of nitrogens with one attached hydrogen (secondary N) is 2. The van der Waals surface area contributed by atoms with Crippen molar-refractivity contribution in [3.8, 4) is 0 Å². The van der Waals surface area contributed by atoms with E-state index in [0.717, 1.165) is 30.0 Å². The van der Waals surface area contributed by atoms with Gasteiger partial charge in [0.05, 0.1) is 11.9 Å². The molecule has 0 atom stereocenters. The summed E-state index contributed by atoms with van der Waals surface area (Å²) in [4.78, 5) is 15.9. The number of aryl methyl sites for hydroxylation is 1. The summed E-state index contributed by atoms with van der Waals surface area (Å²) in [5.41, 5.74) is 2.92. The van der Waals surface area contributed by atoms with Crippen molar-refractivity contribution in [2.75, 3.05) is 10.6 Å². The van der Waals surface area contributed by atoms with E-state index in [2.05, 4.69) is 28.6 Å². The maximum atomic E-state index is 11.6. The van der Waals surface area contributed by atoms with E-state index in [0.29, 0.717) is 6.42 Å². The molecule has 0 saturated heterocycles. The molecule has 0 radical (unpaired) electrons. The highest BCUT2D eigenvalue weighted by Gasteiger charge is 2.02. The summed E-state index contributed by atoms with van der Waals surface area (Å²) in [5, 5.41) is 6.08. The molecule has 1 aromatic heterocycles. The van der Waals surface area contributed by atoms with Gasteiger partial charge in [-0.3, -0.25) is 4.79 Å². The van der Waals surface area contributed by atoms with Gasteiger partial charge in [0.15, 0.2) is 0 Å². The molecule has 2 rings (SSSR count). The largest absolute Gasteiger partial charge is 0.340 e. The van der Waals surface area contributed by atoms with Crippen LogP contribution in [0.4, 0.5) is 17.2 Å². The minimum atomic E-state index is 0.0399. The van der Waals surface area contributed by atoms with Crippen molar-refractivity contribution in [2.24, 2.45) is 0 Å². The molecule has 0 fully saturated rings. The zero-order valence-corrected chi connectivity index (χ0v) is 12.5. The molecule has 0 aliphatic carbocycles. The molecular weight excluding hydrogens is 262 g/mol. The van der Waals surface area contributed by atoms with Gasteiger partial charge in [0.2, 0.25) is 5.91 Å². The number of nitrogens with zero attached hydrogens (tertiary/aromatic N) is 1. The van der Waals surface area contributed by atoms with E-state index in [4.69, 9.17) is 0 Å². The van der Waals surface area contributed by atoms with Crippen LogP contribution in [-0.4, -0.2) is 10.9 Å². The van der Waals surface area contributed by atoms with Gasteiger partial charge in [0.1, 0.15) is 5.82 Å². The molecule has 0 saturated carbocycles. The first-order chi connectivity index (χ1) is 10.2. The maximum absolute atomic E-state index is 11.6. The minimum absolute atomic E-state index is 0.0399. The zero-order valence-electron chi connectivity index (χ0n) is 12.5. The van der Waals surface area contributed by atoms with Crippen molar-refractivity contribution in [1.82, 2.24) is 4.98 Å². The molecule has 0 spiro atoms. The van der Waals surface area contributed by atoms with Gasteiger partial charge in [-0.25, -0.2) is 4.98 Å². The van der Waals surface area contributed by atoms with Gasteiger partial charge in [-0.05, 0) is 43.2 Å². The van der Waals surface area contributed by atoms with Crippen LogP contribution in [-0.2, 0) is 4.79 Å². The summed E-state index contributed by atoms with van der Waals surface area (Å²) in [5.74, 6) is 0.796. The standard InChI is InChI=1S/C17H21N3O/c1-3-4-8-17(21)20-15-9-10-16(18-12-15)19-14-7-5-6-13(2)11-14/h5-7,9-12H,3-4,8H2,1-2H3,(H,18,19)(H,20,21). The van der Waals surface area contributed by atoms with Gasteiger partial charge in [-0.2, -0.15) is 0 Å². The van der Waals surface area contributed by atoms with Gasteiger partial charge in [0, 0.05) is 12.1 Å². The molecule has 1 heterocycles. The van der Waals surface area contributed by atoms with Gasteiger partial charge in [-0.15, -0.1) is 0 Å². The van der Waals surface area contributed by atoms with Crippen molar-refractivity contribution < 1.29 is 4.79 Å². The lowest BCUT2D eigenvalue weighted by molar-refractivity contribution is -0.116. The molecule has 0 aliphatic heterocycles. The number of anilines is 3. The van der Waals surface area contributed by atoms with E-state index in [1.165, 1.54) is 5.56 Å². The second-order valence-corrected chi connectivity index (χ2v) is 5.08. The molecule has 0 bridgehead atoms. The van der Waals surface area contributed by atoms with E-state index < -0.39 is 0 Å². The van der Waals surface area contributed by atoms with E-state index in [9.17, 15) is 4.79 Å². The molecule has 21 heavy (non-hydrogen) atoms. The van der Waals surface area contributed by atoms with Crippen molar-refractivity contribution in [1.29, 1.82) is 0 Å². The third-order valence-electron chi connectivity index (χ3n) is 3.10. The van der Waals surface area contributed by atoms with Crippen LogP contribution in [0.15, 0.2) is 42.6 Å².